The van der Waals surface area contributed by atoms with Crippen molar-refractivity contribution in [2.75, 3.05) is 29.0 Å². The van der Waals surface area contributed by atoms with Gasteiger partial charge in [0.05, 0.1) is 17.2 Å². The Morgan fingerprint density at radius 1 is 0.917 bits per heavy atom. The molecule has 0 aliphatic carbocycles. The average Bonchev–Trinajstić information content (AvgIpc) is 3.65. The number of fused-ring (bicyclic) bond motifs is 1. The van der Waals surface area contributed by atoms with Crippen molar-refractivity contribution < 1.29 is 42.9 Å². The number of nitro groups is 1. The van der Waals surface area contributed by atoms with E-state index in [9.17, 15) is 43.7 Å². The maximum Gasteiger partial charge on any atom is 0.433 e. The van der Waals surface area contributed by atoms with Crippen molar-refractivity contribution >= 4 is 64.3 Å². The van der Waals surface area contributed by atoms with Gasteiger partial charge in [-0.25, -0.2) is 0 Å². The maximum atomic E-state index is 13.2. The predicted octanol–water partition coefficient (Wildman–Crippen LogP) is 1.95. The second kappa shape index (κ2) is 14.2. The highest BCUT2D eigenvalue weighted by Gasteiger charge is 2.45. The molecule has 17 nitrogen and oxygen atoms in total. The molecule has 1 aromatic heterocycles. The van der Waals surface area contributed by atoms with Crippen LogP contribution in [-0.4, -0.2) is 70.3 Å². The van der Waals surface area contributed by atoms with Crippen molar-refractivity contribution in [2.45, 2.75) is 25.3 Å². The van der Waals surface area contributed by atoms with Gasteiger partial charge in [0.2, 0.25) is 23.6 Å². The average molecular weight is 658 g/mol. The fourth-order valence-electron chi connectivity index (χ4n) is 4.96. The van der Waals surface area contributed by atoms with Gasteiger partial charge in [0.1, 0.15) is 11.0 Å². The predicted molar refractivity (Wildman–Crippen MR) is 167 cm³/mol. The van der Waals surface area contributed by atoms with Gasteiger partial charge in [0.15, 0.2) is 5.76 Å². The van der Waals surface area contributed by atoms with Crippen molar-refractivity contribution in [3.05, 3.63) is 93.8 Å². The smallest absolute Gasteiger partial charge is 0.395 e. The largest absolute Gasteiger partial charge is 0.433 e. The van der Waals surface area contributed by atoms with E-state index in [1.807, 2.05) is 0 Å². The normalized spacial score (nSPS) is 15.6. The third-order valence-corrected chi connectivity index (χ3v) is 7.23. The van der Waals surface area contributed by atoms with E-state index < -0.39 is 58.2 Å². The minimum atomic E-state index is -1.07. The Morgan fingerprint density at radius 3 is 2.31 bits per heavy atom. The molecule has 0 spiro atoms. The summed E-state index contributed by atoms with van der Waals surface area (Å²) in [5.74, 6) is -5.02. The minimum absolute atomic E-state index is 0.0180. The van der Waals surface area contributed by atoms with Crippen molar-refractivity contribution in [1.82, 2.24) is 15.5 Å². The molecule has 5 N–H and O–H groups in total. The number of nitrogens with one attached hydrogen (secondary N) is 5. The molecule has 17 heteroatoms. The monoisotopic (exact) mass is 657 g/mol. The standard InChI is InChI=1S/C31H27N7O10/c39-23(12-13-24(40)34-17-5-7-18(8-6-17)35-29(43)22-10-14-26(48-22)38(46)47)33-16-2-15-32-20-4-1-3-19-27(20)31(45)37(30(19)44)21-9-11-25(41)36-28(21)42/h1,3-8,10,12-14,21,32H,2,9,11,15-16H2,(H,33,39)(H,34,40)(H,35,43)(H,36,41,42)/b13-12+. The molecule has 7 amide bonds. The number of hydrogen-bond acceptors (Lipinski definition) is 11. The summed E-state index contributed by atoms with van der Waals surface area (Å²) in [7, 11) is 0. The minimum Gasteiger partial charge on any atom is -0.395 e. The Kier molecular flexibility index (Phi) is 9.68. The number of hydrogen-bond donors (Lipinski definition) is 5. The summed E-state index contributed by atoms with van der Waals surface area (Å²) in [4.78, 5) is 97.3. The van der Waals surface area contributed by atoms with Crippen molar-refractivity contribution in [2.24, 2.45) is 0 Å². The zero-order valence-electron chi connectivity index (χ0n) is 24.9. The lowest BCUT2D eigenvalue weighted by Crippen LogP contribution is -2.54. The molecule has 1 unspecified atom stereocenters. The molecule has 1 saturated heterocycles. The second-order valence-electron chi connectivity index (χ2n) is 10.5. The molecule has 48 heavy (non-hydrogen) atoms. The first-order valence-electron chi connectivity index (χ1n) is 14.5. The van der Waals surface area contributed by atoms with Crippen LogP contribution in [0.15, 0.2) is 71.2 Å². The number of amides is 7. The summed E-state index contributed by atoms with van der Waals surface area (Å²) >= 11 is 0. The van der Waals surface area contributed by atoms with Crippen LogP contribution in [0.3, 0.4) is 0 Å². The van der Waals surface area contributed by atoms with Gasteiger partial charge in [-0.3, -0.25) is 53.9 Å². The van der Waals surface area contributed by atoms with Gasteiger partial charge in [-0.05, 0) is 55.3 Å². The Balaban J connectivity index is 1.03. The quantitative estimate of drug-likeness (QED) is 0.0620. The van der Waals surface area contributed by atoms with E-state index in [1.54, 1.807) is 12.1 Å². The van der Waals surface area contributed by atoms with Gasteiger partial charge >= 0.3 is 5.88 Å². The van der Waals surface area contributed by atoms with E-state index >= 15 is 0 Å². The van der Waals surface area contributed by atoms with Crippen LogP contribution in [0.2, 0.25) is 0 Å². The van der Waals surface area contributed by atoms with Gasteiger partial charge < -0.3 is 25.7 Å². The molecule has 0 saturated carbocycles. The molecule has 2 aliphatic heterocycles. The molecule has 5 rings (SSSR count). The van der Waals surface area contributed by atoms with E-state index in [0.717, 1.165) is 23.1 Å². The summed E-state index contributed by atoms with van der Waals surface area (Å²) in [5, 5.41) is 23.6. The Hall–Kier alpha value is -6.65. The number of furan rings is 1. The number of rotatable bonds is 12. The molecular weight excluding hydrogens is 630 g/mol. The summed E-state index contributed by atoms with van der Waals surface area (Å²) < 4.78 is 4.85. The van der Waals surface area contributed by atoms with Crippen molar-refractivity contribution in [3.8, 4) is 0 Å². The van der Waals surface area contributed by atoms with Gasteiger partial charge in [-0.1, -0.05) is 6.07 Å². The topological polar surface area (TPSA) is 239 Å². The lowest BCUT2D eigenvalue weighted by molar-refractivity contribution is -0.402. The van der Waals surface area contributed by atoms with E-state index in [2.05, 4.69) is 26.6 Å². The molecule has 3 aromatic rings. The molecule has 1 atom stereocenters. The summed E-state index contributed by atoms with van der Waals surface area (Å²) in [6.45, 7) is 0.541. The van der Waals surface area contributed by atoms with Crippen LogP contribution in [0.25, 0.3) is 0 Å². The van der Waals surface area contributed by atoms with E-state index in [-0.39, 0.29) is 36.3 Å². The zero-order valence-corrected chi connectivity index (χ0v) is 24.9. The summed E-state index contributed by atoms with van der Waals surface area (Å²) in [6.07, 6.45) is 2.59. The first-order chi connectivity index (χ1) is 23.0. The number of imide groups is 2. The van der Waals surface area contributed by atoms with Crippen LogP contribution >= 0.6 is 0 Å². The van der Waals surface area contributed by atoms with Gasteiger partial charge in [0.25, 0.3) is 17.7 Å². The lowest BCUT2D eigenvalue weighted by Gasteiger charge is -2.27. The first kappa shape index (κ1) is 32.7. The number of nitrogens with zero attached hydrogens (tertiary/aromatic N) is 2. The van der Waals surface area contributed by atoms with Crippen LogP contribution in [0.4, 0.5) is 22.9 Å². The van der Waals surface area contributed by atoms with Crippen LogP contribution in [0.5, 0.6) is 0 Å². The number of anilines is 3. The Labute approximate surface area is 270 Å². The Bertz CT molecular complexity index is 1860. The van der Waals surface area contributed by atoms with Crippen LogP contribution in [0.1, 0.15) is 50.5 Å². The van der Waals surface area contributed by atoms with Crippen molar-refractivity contribution in [3.63, 3.8) is 0 Å². The third-order valence-electron chi connectivity index (χ3n) is 7.23. The van der Waals surface area contributed by atoms with Crippen molar-refractivity contribution in [1.29, 1.82) is 0 Å². The lowest BCUT2D eigenvalue weighted by atomic mass is 10.0. The number of carbonyl (C=O) groups excluding carboxylic acids is 7. The number of piperidine rings is 1. The number of benzene rings is 2. The first-order valence-corrected chi connectivity index (χ1v) is 14.5. The van der Waals surface area contributed by atoms with Gasteiger partial charge in [-0.2, -0.15) is 0 Å². The molecule has 1 fully saturated rings. The molecule has 3 heterocycles. The molecule has 246 valence electrons. The molecule has 0 radical (unpaired) electrons. The third kappa shape index (κ3) is 7.41. The fourth-order valence-corrected chi connectivity index (χ4v) is 4.96. The highest BCUT2D eigenvalue weighted by atomic mass is 16.6. The highest BCUT2D eigenvalue weighted by molar-refractivity contribution is 6.25. The molecule has 0 bridgehead atoms. The second-order valence-corrected chi connectivity index (χ2v) is 10.5. The molecule has 2 aromatic carbocycles. The number of carbonyl (C=O) groups is 7. The maximum absolute atomic E-state index is 13.2. The Morgan fingerprint density at radius 2 is 1.62 bits per heavy atom. The van der Waals surface area contributed by atoms with Crippen LogP contribution in [-0.2, 0) is 19.2 Å². The van der Waals surface area contributed by atoms with Gasteiger partial charge in [0, 0.05) is 48.7 Å². The van der Waals surface area contributed by atoms with E-state index in [1.165, 1.54) is 36.4 Å². The van der Waals surface area contributed by atoms with Gasteiger partial charge in [-0.15, -0.1) is 0 Å². The SMILES string of the molecule is O=C(/C=C/C(=O)Nc1ccc(NC(=O)c2ccc([N+](=O)[O-])o2)cc1)NCCCNc1cccc2c1C(=O)N(C1CCC(=O)NC1=O)C2=O. The molecular formula is C31H27N7O10. The summed E-state index contributed by atoms with van der Waals surface area (Å²) in [5.41, 5.74) is 1.38. The molecule has 2 aliphatic rings. The van der Waals surface area contributed by atoms with Crippen LogP contribution < -0.4 is 26.6 Å². The van der Waals surface area contributed by atoms with E-state index in [0.29, 0.717) is 30.0 Å². The van der Waals surface area contributed by atoms with Crippen LogP contribution in [0, 0.1) is 10.1 Å². The highest BCUT2D eigenvalue weighted by Crippen LogP contribution is 2.32. The zero-order chi connectivity index (χ0) is 34.4. The fraction of sp³-hybridized carbons (Fsp3) is 0.194. The summed E-state index contributed by atoms with van der Waals surface area (Å²) in [6, 6.07) is 11.8. The van der Waals surface area contributed by atoms with E-state index in [4.69, 9.17) is 4.42 Å².